The molecule has 0 aromatic rings. The zero-order valence-electron chi connectivity index (χ0n) is 3.96. The van der Waals surface area contributed by atoms with Gasteiger partial charge in [0.2, 0.25) is 0 Å². The van der Waals surface area contributed by atoms with Crippen LogP contribution >= 0.6 is 0 Å². The molecule has 0 saturated heterocycles. The molecule has 0 radical (unpaired) electrons. The van der Waals surface area contributed by atoms with E-state index in [1.165, 1.54) is 7.05 Å². The van der Waals surface area contributed by atoms with Gasteiger partial charge in [-0.1, -0.05) is 0 Å². The van der Waals surface area contributed by atoms with Gasteiger partial charge in [-0.25, -0.2) is 4.31 Å². The number of nitrogens with zero attached hydrogens (tertiary/aromatic N) is 1. The Morgan fingerprint density at radius 2 is 2.43 bits per heavy atom. The average Bonchev–Trinajstić information content (AvgIpc) is 1.65. The van der Waals surface area contributed by atoms with Crippen LogP contribution in [0.15, 0.2) is 0 Å². The van der Waals surface area contributed by atoms with Crippen molar-refractivity contribution in [3.8, 4) is 0 Å². The zero-order chi connectivity index (χ0) is 5.86. The van der Waals surface area contributed by atoms with Crippen LogP contribution in [0.4, 0.5) is 0 Å². The summed E-state index contributed by atoms with van der Waals surface area (Å²) >= 11 is -2.15. The van der Waals surface area contributed by atoms with Gasteiger partial charge in [0.05, 0.1) is 6.67 Å². The largest absolute Gasteiger partial charge is 0.760 e. The van der Waals surface area contributed by atoms with Crippen LogP contribution in [0.25, 0.3) is 0 Å². The molecule has 0 amide bonds. The van der Waals surface area contributed by atoms with Crippen LogP contribution in [0.1, 0.15) is 0 Å². The summed E-state index contributed by atoms with van der Waals surface area (Å²) in [5.74, 6) is 0. The molecule has 0 fully saturated rings. The van der Waals surface area contributed by atoms with Gasteiger partial charge in [-0.05, 0) is 0 Å². The minimum absolute atomic E-state index is 0.0378. The molecule has 0 spiro atoms. The molecule has 5 heteroatoms. The van der Waals surface area contributed by atoms with E-state index in [4.69, 9.17) is 5.73 Å². The highest BCUT2D eigenvalue weighted by molar-refractivity contribution is 7.76. The smallest absolute Gasteiger partial charge is 0.0565 e. The zero-order valence-corrected chi connectivity index (χ0v) is 4.77. The number of nitrogens with two attached hydrogens (primary N) is 1. The molecule has 1 unspecified atom stereocenters. The van der Waals surface area contributed by atoms with E-state index in [-0.39, 0.29) is 6.67 Å². The Bertz CT molecular complexity index is 76.1. The topological polar surface area (TPSA) is 69.4 Å². The SMILES string of the molecule is CN(CN)S(=O)[O-]. The molecule has 0 aromatic carbocycles. The Kier molecular flexibility index (Phi) is 3.10. The maximum absolute atomic E-state index is 9.78. The molecular weight excluding hydrogens is 116 g/mol. The third kappa shape index (κ3) is 2.69. The van der Waals surface area contributed by atoms with Crippen LogP contribution in [-0.4, -0.2) is 26.8 Å². The van der Waals surface area contributed by atoms with Crippen molar-refractivity contribution >= 4 is 11.3 Å². The van der Waals surface area contributed by atoms with Gasteiger partial charge in [0.25, 0.3) is 0 Å². The van der Waals surface area contributed by atoms with E-state index in [9.17, 15) is 8.76 Å². The Labute approximate surface area is 44.7 Å². The maximum atomic E-state index is 9.78. The quantitative estimate of drug-likeness (QED) is 0.364. The average molecular weight is 123 g/mol. The van der Waals surface area contributed by atoms with E-state index >= 15 is 0 Å². The molecule has 0 aliphatic rings. The summed E-state index contributed by atoms with van der Waals surface area (Å²) in [7, 11) is 1.39. The molecule has 0 aromatic heterocycles. The van der Waals surface area contributed by atoms with Gasteiger partial charge in [0, 0.05) is 18.3 Å². The molecule has 1 atom stereocenters. The summed E-state index contributed by atoms with van der Waals surface area (Å²) in [4.78, 5) is 0. The predicted octanol–water partition coefficient (Wildman–Crippen LogP) is -1.37. The van der Waals surface area contributed by atoms with Crippen molar-refractivity contribution in [2.45, 2.75) is 0 Å². The molecule has 0 rings (SSSR count). The molecule has 0 aliphatic heterocycles. The van der Waals surface area contributed by atoms with E-state index in [0.717, 1.165) is 4.31 Å². The van der Waals surface area contributed by atoms with Gasteiger partial charge in [-0.15, -0.1) is 0 Å². The highest BCUT2D eigenvalue weighted by Gasteiger charge is 1.87. The van der Waals surface area contributed by atoms with E-state index in [0.29, 0.717) is 0 Å². The minimum atomic E-state index is -2.15. The maximum Gasteiger partial charge on any atom is 0.0565 e. The Hall–Kier alpha value is 0.0300. The highest BCUT2D eigenvalue weighted by atomic mass is 32.2. The number of hydrogen-bond donors (Lipinski definition) is 1. The first-order chi connectivity index (χ1) is 3.18. The lowest BCUT2D eigenvalue weighted by molar-refractivity contribution is 0.440. The van der Waals surface area contributed by atoms with Crippen molar-refractivity contribution in [3.05, 3.63) is 0 Å². The van der Waals surface area contributed by atoms with E-state index in [2.05, 4.69) is 0 Å². The first kappa shape index (κ1) is 7.03. The van der Waals surface area contributed by atoms with E-state index in [1.54, 1.807) is 0 Å². The molecule has 2 N–H and O–H groups in total. The third-order valence-corrected chi connectivity index (χ3v) is 1.17. The lowest BCUT2D eigenvalue weighted by Gasteiger charge is -2.14. The van der Waals surface area contributed by atoms with Crippen LogP contribution < -0.4 is 5.73 Å². The van der Waals surface area contributed by atoms with Gasteiger partial charge in [-0.2, -0.15) is 0 Å². The lowest BCUT2D eigenvalue weighted by atomic mass is 11.1. The fourth-order valence-electron chi connectivity index (χ4n) is 0.0609. The second kappa shape index (κ2) is 3.09. The van der Waals surface area contributed by atoms with Crippen molar-refractivity contribution in [1.82, 2.24) is 4.31 Å². The van der Waals surface area contributed by atoms with Gasteiger partial charge in [0.1, 0.15) is 0 Å². The third-order valence-electron chi connectivity index (χ3n) is 0.512. The Morgan fingerprint density at radius 1 is 2.00 bits per heavy atom. The second-order valence-corrected chi connectivity index (χ2v) is 2.09. The number of rotatable bonds is 2. The van der Waals surface area contributed by atoms with Crippen LogP contribution in [0.2, 0.25) is 0 Å². The van der Waals surface area contributed by atoms with Crippen LogP contribution in [0.5, 0.6) is 0 Å². The normalized spacial score (nSPS) is 14.9. The number of hydrogen-bond acceptors (Lipinski definition) is 3. The van der Waals surface area contributed by atoms with Gasteiger partial charge in [0.15, 0.2) is 0 Å². The summed E-state index contributed by atoms with van der Waals surface area (Å²) in [6, 6.07) is 0. The second-order valence-electron chi connectivity index (χ2n) is 1.03. The van der Waals surface area contributed by atoms with E-state index in [1.807, 2.05) is 0 Å². The van der Waals surface area contributed by atoms with E-state index < -0.39 is 11.3 Å². The van der Waals surface area contributed by atoms with Crippen molar-refractivity contribution in [1.29, 1.82) is 0 Å². The summed E-state index contributed by atoms with van der Waals surface area (Å²) in [5, 5.41) is 0. The Balaban J connectivity index is 3.34. The Morgan fingerprint density at radius 3 is 2.43 bits per heavy atom. The predicted molar refractivity (Wildman–Crippen MR) is 25.7 cm³/mol. The minimum Gasteiger partial charge on any atom is -0.760 e. The summed E-state index contributed by atoms with van der Waals surface area (Å²) in [6.45, 7) is 0.0378. The molecule has 44 valence electrons. The highest BCUT2D eigenvalue weighted by Crippen LogP contribution is 1.77. The molecule has 0 saturated carbocycles. The summed E-state index contributed by atoms with van der Waals surface area (Å²) < 4.78 is 20.5. The van der Waals surface area contributed by atoms with Crippen molar-refractivity contribution in [2.75, 3.05) is 13.7 Å². The van der Waals surface area contributed by atoms with Crippen LogP contribution in [0, 0.1) is 0 Å². The van der Waals surface area contributed by atoms with Crippen LogP contribution in [-0.2, 0) is 11.3 Å². The monoisotopic (exact) mass is 123 g/mol. The molecule has 0 heterocycles. The van der Waals surface area contributed by atoms with Crippen molar-refractivity contribution in [2.24, 2.45) is 5.73 Å². The first-order valence-corrected chi connectivity index (χ1v) is 2.72. The lowest BCUT2D eigenvalue weighted by Crippen LogP contribution is -2.27. The fourth-order valence-corrected chi connectivity index (χ4v) is 0.183. The van der Waals surface area contributed by atoms with Crippen molar-refractivity contribution < 1.29 is 8.76 Å². The summed E-state index contributed by atoms with van der Waals surface area (Å²) in [6.07, 6.45) is 0. The summed E-state index contributed by atoms with van der Waals surface area (Å²) in [5.41, 5.74) is 4.91. The standard InChI is InChI=1S/C2H8N2O2S/c1-4(2-3)7(5)6/h2-3H2,1H3,(H,5,6)/p-1. The molecule has 7 heavy (non-hydrogen) atoms. The van der Waals surface area contributed by atoms with Crippen LogP contribution in [0.3, 0.4) is 0 Å². The molecular formula is C2H7N2O2S-. The fraction of sp³-hybridized carbons (Fsp3) is 1.00. The molecule has 0 bridgehead atoms. The first-order valence-electron chi connectivity index (χ1n) is 1.69. The van der Waals surface area contributed by atoms with Crippen molar-refractivity contribution in [3.63, 3.8) is 0 Å². The molecule has 4 nitrogen and oxygen atoms in total. The van der Waals surface area contributed by atoms with Gasteiger partial charge >= 0.3 is 0 Å². The molecule has 0 aliphatic carbocycles. The van der Waals surface area contributed by atoms with Gasteiger partial charge in [-0.3, -0.25) is 4.21 Å². The van der Waals surface area contributed by atoms with Gasteiger partial charge < -0.3 is 10.3 Å².